The van der Waals surface area contributed by atoms with Crippen molar-refractivity contribution in [2.24, 2.45) is 0 Å². The highest BCUT2D eigenvalue weighted by molar-refractivity contribution is 7.87. The maximum atomic E-state index is 13.0. The summed E-state index contributed by atoms with van der Waals surface area (Å²) in [6.45, 7) is 3.50. The molecule has 0 aliphatic rings. The molecule has 0 aliphatic heterocycles. The van der Waals surface area contributed by atoms with Crippen LogP contribution in [0.3, 0.4) is 0 Å². The van der Waals surface area contributed by atoms with E-state index < -0.39 is 26.0 Å². The van der Waals surface area contributed by atoms with Crippen LogP contribution in [0.4, 0.5) is 0 Å². The maximum Gasteiger partial charge on any atom is 0.339 e. The molecule has 0 fully saturated rings. The Balaban J connectivity index is 1.75. The first-order valence-electron chi connectivity index (χ1n) is 11.3. The van der Waals surface area contributed by atoms with E-state index in [0.717, 1.165) is 17.2 Å². The normalized spacial score (nSPS) is 11.5. The van der Waals surface area contributed by atoms with E-state index in [1.165, 1.54) is 30.3 Å². The van der Waals surface area contributed by atoms with Gasteiger partial charge in [0.25, 0.3) is 0 Å². The van der Waals surface area contributed by atoms with Gasteiger partial charge in [0.2, 0.25) is 0 Å². The average Bonchev–Trinajstić information content (AvgIpc) is 2.88. The van der Waals surface area contributed by atoms with Gasteiger partial charge in [-0.25, -0.2) is 0 Å². The van der Waals surface area contributed by atoms with Gasteiger partial charge in [0, 0.05) is 18.3 Å². The quantitative estimate of drug-likeness (QED) is 0.204. The fourth-order valence-electron chi connectivity index (χ4n) is 3.32. The van der Waals surface area contributed by atoms with Gasteiger partial charge in [-0.05, 0) is 50.2 Å². The number of aryl methyl sites for hydroxylation is 2. The van der Waals surface area contributed by atoms with Gasteiger partial charge in [-0.3, -0.25) is 9.78 Å². The monoisotopic (exact) mass is 553 g/mol. The van der Waals surface area contributed by atoms with Crippen LogP contribution >= 0.6 is 0 Å². The summed E-state index contributed by atoms with van der Waals surface area (Å²) in [6, 6.07) is 19.2. The standard InChI is InChI=1S/C27H23NO8S2/c1-19-6-10-23(11-7-19)37(30,31)35-22-15-26(34-18-21-5-3-4-14-28-21)25(17-29)27(16-22)36-38(32,33)24-12-8-20(2)9-13-24/h3-17H,18H2,1-2H3. The van der Waals surface area contributed by atoms with Crippen LogP contribution < -0.4 is 13.1 Å². The third-order valence-electron chi connectivity index (χ3n) is 5.32. The second-order valence-corrected chi connectivity index (χ2v) is 11.4. The first-order valence-corrected chi connectivity index (χ1v) is 14.1. The van der Waals surface area contributed by atoms with E-state index in [0.29, 0.717) is 12.0 Å². The molecule has 0 spiro atoms. The second-order valence-electron chi connectivity index (χ2n) is 8.26. The fraction of sp³-hybridized carbons (Fsp3) is 0.111. The molecule has 0 radical (unpaired) electrons. The zero-order valence-electron chi connectivity index (χ0n) is 20.4. The summed E-state index contributed by atoms with van der Waals surface area (Å²) < 4.78 is 68.1. The number of benzene rings is 3. The van der Waals surface area contributed by atoms with Gasteiger partial charge >= 0.3 is 20.2 Å². The Kier molecular flexibility index (Phi) is 7.79. The molecule has 3 aromatic carbocycles. The number of nitrogens with zero attached hydrogens (tertiary/aromatic N) is 1. The van der Waals surface area contributed by atoms with Crippen LogP contribution in [-0.4, -0.2) is 28.1 Å². The summed E-state index contributed by atoms with van der Waals surface area (Å²) in [5, 5.41) is 0. The Hall–Kier alpha value is -4.22. The van der Waals surface area contributed by atoms with Gasteiger partial charge in [-0.2, -0.15) is 16.8 Å². The lowest BCUT2D eigenvalue weighted by Gasteiger charge is -2.16. The number of ether oxygens (including phenoxy) is 1. The van der Waals surface area contributed by atoms with Crippen LogP contribution in [0.2, 0.25) is 0 Å². The number of carbonyl (C=O) groups excluding carboxylic acids is 1. The van der Waals surface area contributed by atoms with Gasteiger partial charge in [0.15, 0.2) is 12.0 Å². The molecular weight excluding hydrogens is 530 g/mol. The Morgan fingerprint density at radius 2 is 1.29 bits per heavy atom. The van der Waals surface area contributed by atoms with E-state index in [4.69, 9.17) is 13.1 Å². The highest BCUT2D eigenvalue weighted by atomic mass is 32.2. The Morgan fingerprint density at radius 3 is 1.82 bits per heavy atom. The average molecular weight is 554 g/mol. The number of rotatable bonds is 10. The fourth-order valence-corrected chi connectivity index (χ4v) is 5.17. The molecule has 0 N–H and O–H groups in total. The van der Waals surface area contributed by atoms with Crippen LogP contribution in [0.5, 0.6) is 17.2 Å². The van der Waals surface area contributed by atoms with Crippen molar-refractivity contribution in [1.29, 1.82) is 0 Å². The summed E-state index contributed by atoms with van der Waals surface area (Å²) >= 11 is 0. The maximum absolute atomic E-state index is 13.0. The SMILES string of the molecule is Cc1ccc(S(=O)(=O)Oc2cc(OCc3ccccn3)c(C=O)c(OS(=O)(=O)c3ccc(C)cc3)c2)cc1. The third-order valence-corrected chi connectivity index (χ3v) is 7.83. The molecule has 9 nitrogen and oxygen atoms in total. The molecule has 1 heterocycles. The number of hydrogen-bond donors (Lipinski definition) is 0. The van der Waals surface area contributed by atoms with Crippen molar-refractivity contribution >= 4 is 26.5 Å². The zero-order valence-corrected chi connectivity index (χ0v) is 22.0. The molecule has 0 unspecified atom stereocenters. The van der Waals surface area contributed by atoms with E-state index in [1.807, 2.05) is 0 Å². The lowest BCUT2D eigenvalue weighted by molar-refractivity contribution is 0.111. The summed E-state index contributed by atoms with van der Waals surface area (Å²) in [6.07, 6.45) is 1.90. The van der Waals surface area contributed by atoms with Crippen molar-refractivity contribution in [2.75, 3.05) is 0 Å². The van der Waals surface area contributed by atoms with E-state index in [1.54, 1.807) is 62.5 Å². The molecular formula is C27H23NO8S2. The molecule has 0 amide bonds. The number of carbonyl (C=O) groups is 1. The number of pyridine rings is 1. The van der Waals surface area contributed by atoms with Crippen LogP contribution in [0.1, 0.15) is 27.2 Å². The van der Waals surface area contributed by atoms with Crippen molar-refractivity contribution in [3.8, 4) is 17.2 Å². The van der Waals surface area contributed by atoms with Gasteiger partial charge in [-0.1, -0.05) is 41.5 Å². The van der Waals surface area contributed by atoms with Crippen LogP contribution in [-0.2, 0) is 26.8 Å². The van der Waals surface area contributed by atoms with Gasteiger partial charge in [0.05, 0.1) is 5.69 Å². The Morgan fingerprint density at radius 1 is 0.737 bits per heavy atom. The molecule has 0 aliphatic carbocycles. The first kappa shape index (κ1) is 26.8. The Bertz CT molecular complexity index is 1650. The molecule has 4 rings (SSSR count). The van der Waals surface area contributed by atoms with Crippen molar-refractivity contribution in [1.82, 2.24) is 4.98 Å². The van der Waals surface area contributed by atoms with Crippen LogP contribution in [0.15, 0.2) is 94.9 Å². The topological polar surface area (TPSA) is 126 Å². The van der Waals surface area contributed by atoms with Crippen molar-refractivity contribution in [3.63, 3.8) is 0 Å². The molecule has 4 aromatic rings. The summed E-state index contributed by atoms with van der Waals surface area (Å²) in [5.41, 5.74) is 1.94. The summed E-state index contributed by atoms with van der Waals surface area (Å²) in [7, 11) is -8.71. The smallest absolute Gasteiger partial charge is 0.339 e. The largest absolute Gasteiger partial charge is 0.486 e. The third kappa shape index (κ3) is 6.36. The van der Waals surface area contributed by atoms with Crippen molar-refractivity contribution in [3.05, 3.63) is 107 Å². The Labute approximate surface area is 220 Å². The van der Waals surface area contributed by atoms with Gasteiger partial charge < -0.3 is 13.1 Å². The predicted molar refractivity (Wildman–Crippen MR) is 138 cm³/mol. The van der Waals surface area contributed by atoms with E-state index in [2.05, 4.69) is 4.98 Å². The molecule has 196 valence electrons. The number of hydrogen-bond acceptors (Lipinski definition) is 9. The number of aldehydes is 1. The molecule has 11 heteroatoms. The molecule has 0 bridgehead atoms. The molecule has 1 aromatic heterocycles. The van der Waals surface area contributed by atoms with Gasteiger partial charge in [-0.15, -0.1) is 0 Å². The van der Waals surface area contributed by atoms with Crippen molar-refractivity contribution in [2.45, 2.75) is 30.2 Å². The predicted octanol–water partition coefficient (Wildman–Crippen LogP) is 4.63. The second kappa shape index (κ2) is 11.0. The molecule has 0 atom stereocenters. The number of aromatic nitrogens is 1. The minimum atomic E-state index is -4.40. The summed E-state index contributed by atoms with van der Waals surface area (Å²) in [4.78, 5) is 15.9. The van der Waals surface area contributed by atoms with E-state index in [-0.39, 0.29) is 33.5 Å². The first-order chi connectivity index (χ1) is 18.1. The minimum Gasteiger partial charge on any atom is -0.486 e. The zero-order chi connectivity index (χ0) is 27.3. The molecule has 0 saturated heterocycles. The van der Waals surface area contributed by atoms with Gasteiger partial charge in [0.1, 0.15) is 33.5 Å². The molecule has 0 saturated carbocycles. The minimum absolute atomic E-state index is 0.0972. The van der Waals surface area contributed by atoms with E-state index in [9.17, 15) is 21.6 Å². The lowest BCUT2D eigenvalue weighted by atomic mass is 10.2. The van der Waals surface area contributed by atoms with E-state index >= 15 is 0 Å². The van der Waals surface area contributed by atoms with Crippen molar-refractivity contribution < 1.29 is 34.7 Å². The summed E-state index contributed by atoms with van der Waals surface area (Å²) in [5.74, 6) is -0.939. The lowest BCUT2D eigenvalue weighted by Crippen LogP contribution is -2.13. The van der Waals surface area contributed by atoms with Crippen LogP contribution in [0, 0.1) is 13.8 Å². The highest BCUT2D eigenvalue weighted by Gasteiger charge is 2.24. The highest BCUT2D eigenvalue weighted by Crippen LogP contribution is 2.36. The molecule has 38 heavy (non-hydrogen) atoms. The van der Waals surface area contributed by atoms with Crippen LogP contribution in [0.25, 0.3) is 0 Å².